The van der Waals surface area contributed by atoms with Crippen LogP contribution in [0.3, 0.4) is 0 Å². The number of amides is 1. The second kappa shape index (κ2) is 9.11. The first kappa shape index (κ1) is 20.8. The Labute approximate surface area is 181 Å². The molecule has 2 atom stereocenters. The SMILES string of the molecule is CC(=O)Nc1ccc2c(c1)CCC1=C(C=CCC1)C2Cc1cccc(N[S+](C)[O-])c1. The minimum Gasteiger partial charge on any atom is -0.593 e. The van der Waals surface area contributed by atoms with E-state index in [-0.39, 0.29) is 11.8 Å². The molecule has 0 saturated heterocycles. The van der Waals surface area contributed by atoms with Crippen molar-refractivity contribution in [1.29, 1.82) is 0 Å². The molecule has 0 bridgehead atoms. The van der Waals surface area contributed by atoms with Gasteiger partial charge in [0.2, 0.25) is 5.91 Å². The molecule has 156 valence electrons. The zero-order valence-electron chi connectivity index (χ0n) is 17.5. The molecule has 0 aliphatic heterocycles. The first-order valence-electron chi connectivity index (χ1n) is 10.5. The quantitative estimate of drug-likeness (QED) is 0.648. The Bertz CT molecular complexity index is 1010. The van der Waals surface area contributed by atoms with Crippen molar-refractivity contribution < 1.29 is 9.35 Å². The number of anilines is 2. The Kier molecular flexibility index (Phi) is 6.30. The van der Waals surface area contributed by atoms with Gasteiger partial charge in [-0.05, 0) is 78.6 Å². The first-order valence-corrected chi connectivity index (χ1v) is 12.0. The van der Waals surface area contributed by atoms with Gasteiger partial charge in [0.25, 0.3) is 0 Å². The maximum atomic E-state index is 11.6. The van der Waals surface area contributed by atoms with Crippen molar-refractivity contribution in [3.63, 3.8) is 0 Å². The summed E-state index contributed by atoms with van der Waals surface area (Å²) in [4.78, 5) is 11.5. The van der Waals surface area contributed by atoms with Crippen LogP contribution in [0.4, 0.5) is 11.4 Å². The van der Waals surface area contributed by atoms with Crippen LogP contribution in [-0.2, 0) is 29.0 Å². The molecule has 2 unspecified atom stereocenters. The molecular weight excluding hydrogens is 392 g/mol. The van der Waals surface area contributed by atoms with Crippen molar-refractivity contribution in [2.75, 3.05) is 16.3 Å². The van der Waals surface area contributed by atoms with E-state index in [0.29, 0.717) is 0 Å². The van der Waals surface area contributed by atoms with E-state index in [0.717, 1.165) is 43.5 Å². The van der Waals surface area contributed by atoms with E-state index in [2.05, 4.69) is 46.5 Å². The highest BCUT2D eigenvalue weighted by Gasteiger charge is 2.26. The summed E-state index contributed by atoms with van der Waals surface area (Å²) in [6.45, 7) is 1.55. The minimum absolute atomic E-state index is 0.0434. The Morgan fingerprint density at radius 1 is 1.13 bits per heavy atom. The van der Waals surface area contributed by atoms with E-state index < -0.39 is 11.4 Å². The molecule has 0 saturated carbocycles. The molecule has 0 radical (unpaired) electrons. The van der Waals surface area contributed by atoms with Crippen LogP contribution < -0.4 is 10.0 Å². The monoisotopic (exact) mass is 420 g/mol. The van der Waals surface area contributed by atoms with Gasteiger partial charge in [-0.25, -0.2) is 4.72 Å². The van der Waals surface area contributed by atoms with Gasteiger partial charge in [-0.2, -0.15) is 0 Å². The average molecular weight is 421 g/mol. The van der Waals surface area contributed by atoms with Gasteiger partial charge in [0.1, 0.15) is 6.26 Å². The van der Waals surface area contributed by atoms with E-state index >= 15 is 0 Å². The normalized spacial score (nSPS) is 18.8. The van der Waals surface area contributed by atoms with E-state index in [1.165, 1.54) is 22.3 Å². The van der Waals surface area contributed by atoms with Crippen molar-refractivity contribution in [2.24, 2.45) is 0 Å². The van der Waals surface area contributed by atoms with Crippen molar-refractivity contribution in [1.82, 2.24) is 0 Å². The molecule has 30 heavy (non-hydrogen) atoms. The molecule has 4 nitrogen and oxygen atoms in total. The number of hydrogen-bond acceptors (Lipinski definition) is 3. The van der Waals surface area contributed by atoms with Gasteiger partial charge in [-0.3, -0.25) is 4.79 Å². The maximum Gasteiger partial charge on any atom is 0.221 e. The third-order valence-corrected chi connectivity index (χ3v) is 6.38. The standard InChI is InChI=1S/C25H28N2O2S/c1-17(28)26-21-12-13-24-20(16-21)11-10-19-7-3-4-9-23(19)25(24)15-18-6-5-8-22(14-18)27-30(2)29/h4-6,8-9,12-14,16,25,27H,3,7,10-11,15H2,1-2H3,(H,26,28). The van der Waals surface area contributed by atoms with Crippen LogP contribution in [0.2, 0.25) is 0 Å². The molecule has 0 fully saturated rings. The van der Waals surface area contributed by atoms with Crippen LogP contribution in [-0.4, -0.2) is 16.7 Å². The van der Waals surface area contributed by atoms with Crippen LogP contribution >= 0.6 is 0 Å². The average Bonchev–Trinajstić information content (AvgIpc) is 2.85. The summed E-state index contributed by atoms with van der Waals surface area (Å²) >= 11 is -1.09. The lowest BCUT2D eigenvalue weighted by molar-refractivity contribution is -0.114. The molecule has 2 aliphatic rings. The summed E-state index contributed by atoms with van der Waals surface area (Å²) in [7, 11) is 0. The number of benzene rings is 2. The highest BCUT2D eigenvalue weighted by molar-refractivity contribution is 7.92. The van der Waals surface area contributed by atoms with Gasteiger partial charge in [0, 0.05) is 18.5 Å². The Morgan fingerprint density at radius 2 is 2.00 bits per heavy atom. The van der Waals surface area contributed by atoms with Crippen LogP contribution in [0.5, 0.6) is 0 Å². The fourth-order valence-electron chi connectivity index (χ4n) is 4.64. The summed E-state index contributed by atoms with van der Waals surface area (Å²) in [5.41, 5.74) is 8.65. The van der Waals surface area contributed by atoms with Gasteiger partial charge < -0.3 is 9.87 Å². The molecule has 2 N–H and O–H groups in total. The molecule has 0 spiro atoms. The molecule has 5 heteroatoms. The zero-order chi connectivity index (χ0) is 21.1. The summed E-state index contributed by atoms with van der Waals surface area (Å²) in [5.74, 6) is 0.237. The molecule has 4 rings (SSSR count). The number of aryl methyl sites for hydroxylation is 1. The van der Waals surface area contributed by atoms with Gasteiger partial charge in [0.05, 0.1) is 17.0 Å². The highest BCUT2D eigenvalue weighted by atomic mass is 32.2. The predicted molar refractivity (Wildman–Crippen MR) is 125 cm³/mol. The van der Waals surface area contributed by atoms with Gasteiger partial charge in [-0.1, -0.05) is 35.9 Å². The Morgan fingerprint density at radius 3 is 2.80 bits per heavy atom. The molecule has 2 aliphatic carbocycles. The topological polar surface area (TPSA) is 64.2 Å². The van der Waals surface area contributed by atoms with E-state index in [4.69, 9.17) is 0 Å². The first-order chi connectivity index (χ1) is 14.5. The summed E-state index contributed by atoms with van der Waals surface area (Å²) in [5, 5.41) is 2.92. The number of rotatable bonds is 5. The van der Waals surface area contributed by atoms with E-state index in [1.54, 1.807) is 18.8 Å². The number of hydrogen-bond donors (Lipinski definition) is 2. The van der Waals surface area contributed by atoms with Crippen molar-refractivity contribution in [3.8, 4) is 0 Å². The molecule has 0 aromatic heterocycles. The molecule has 1 amide bonds. The third-order valence-electron chi connectivity index (χ3n) is 5.86. The molecule has 2 aromatic rings. The smallest absolute Gasteiger partial charge is 0.221 e. The van der Waals surface area contributed by atoms with E-state index in [1.807, 2.05) is 18.2 Å². The summed E-state index contributed by atoms with van der Waals surface area (Å²) < 4.78 is 14.6. The van der Waals surface area contributed by atoms with Gasteiger partial charge in [0.15, 0.2) is 0 Å². The summed E-state index contributed by atoms with van der Waals surface area (Å²) in [6, 6.07) is 14.6. The third kappa shape index (κ3) is 4.79. The number of allylic oxidation sites excluding steroid dienone is 4. The van der Waals surface area contributed by atoms with Gasteiger partial charge in [-0.15, -0.1) is 0 Å². The fraction of sp³-hybridized carbons (Fsp3) is 0.320. The second-order valence-electron chi connectivity index (χ2n) is 8.11. The summed E-state index contributed by atoms with van der Waals surface area (Å²) in [6.07, 6.45) is 11.5. The lowest BCUT2D eigenvalue weighted by Crippen LogP contribution is -2.12. The number of fused-ring (bicyclic) bond motifs is 1. The maximum absolute atomic E-state index is 11.6. The van der Waals surface area contributed by atoms with Crippen molar-refractivity contribution in [2.45, 2.75) is 44.9 Å². The van der Waals surface area contributed by atoms with Crippen LogP contribution in [0.15, 0.2) is 65.8 Å². The fourth-order valence-corrected chi connectivity index (χ4v) is 5.10. The lowest BCUT2D eigenvalue weighted by Gasteiger charge is -2.24. The van der Waals surface area contributed by atoms with Crippen LogP contribution in [0, 0.1) is 0 Å². The number of nitrogens with one attached hydrogen (secondary N) is 2. The molecule has 2 aromatic carbocycles. The second-order valence-corrected chi connectivity index (χ2v) is 9.22. The molecule has 0 heterocycles. The van der Waals surface area contributed by atoms with Crippen LogP contribution in [0.25, 0.3) is 0 Å². The van der Waals surface area contributed by atoms with Crippen LogP contribution in [0.1, 0.15) is 48.8 Å². The zero-order valence-corrected chi connectivity index (χ0v) is 18.4. The molecular formula is C25H28N2O2S. The Balaban J connectivity index is 1.71. The number of carbonyl (C=O) groups is 1. The number of carbonyl (C=O) groups excluding carboxylic acids is 1. The predicted octanol–water partition coefficient (Wildman–Crippen LogP) is 5.27. The van der Waals surface area contributed by atoms with E-state index in [9.17, 15) is 9.35 Å². The highest BCUT2D eigenvalue weighted by Crippen LogP contribution is 2.41. The van der Waals surface area contributed by atoms with Gasteiger partial charge >= 0.3 is 0 Å². The lowest BCUT2D eigenvalue weighted by atomic mass is 9.80. The Hall–Kier alpha value is -2.50. The minimum atomic E-state index is -1.09. The largest absolute Gasteiger partial charge is 0.593 e. The van der Waals surface area contributed by atoms with Crippen molar-refractivity contribution in [3.05, 3.63) is 82.5 Å². The van der Waals surface area contributed by atoms with Crippen molar-refractivity contribution >= 4 is 28.6 Å².